The van der Waals surface area contributed by atoms with Crippen molar-refractivity contribution < 1.29 is 19.5 Å². The number of amides is 2. The maximum absolute atomic E-state index is 12.8. The number of hydrogen-bond acceptors (Lipinski definition) is 7. The van der Waals surface area contributed by atoms with Gasteiger partial charge >= 0.3 is 0 Å². The molecule has 3 heterocycles. The van der Waals surface area contributed by atoms with E-state index >= 15 is 0 Å². The molecular formula is C19H30N6O4. The van der Waals surface area contributed by atoms with Gasteiger partial charge in [0.1, 0.15) is 11.6 Å². The summed E-state index contributed by atoms with van der Waals surface area (Å²) in [6.07, 6.45) is 2.92. The lowest BCUT2D eigenvalue weighted by atomic mass is 10.1. The van der Waals surface area contributed by atoms with Crippen LogP contribution in [0.15, 0.2) is 12.3 Å². The highest BCUT2D eigenvalue weighted by Crippen LogP contribution is 2.16. The first-order valence-corrected chi connectivity index (χ1v) is 9.92. The van der Waals surface area contributed by atoms with E-state index in [0.717, 1.165) is 50.8 Å². The largest absolute Gasteiger partial charge is 0.483 e. The summed E-state index contributed by atoms with van der Waals surface area (Å²) in [5.74, 6) is 1.70. The normalized spacial score (nSPS) is 20.2. The van der Waals surface area contributed by atoms with Crippen LogP contribution < -0.4 is 10.2 Å². The minimum absolute atomic E-state index is 0.0284. The Morgan fingerprint density at radius 2 is 2.07 bits per heavy atom. The minimum atomic E-state index is -0.342. The van der Waals surface area contributed by atoms with Gasteiger partial charge in [0.2, 0.25) is 11.8 Å². The van der Waals surface area contributed by atoms with Crippen LogP contribution in [0.1, 0.15) is 25.6 Å². The third kappa shape index (κ3) is 6.38. The fourth-order valence-corrected chi connectivity index (χ4v) is 3.67. The summed E-state index contributed by atoms with van der Waals surface area (Å²) in [6.45, 7) is 8.90. The number of hydrogen-bond donors (Lipinski definition) is 2. The zero-order valence-corrected chi connectivity index (χ0v) is 17.1. The van der Waals surface area contributed by atoms with Crippen molar-refractivity contribution in [3.63, 3.8) is 0 Å². The van der Waals surface area contributed by atoms with Crippen molar-refractivity contribution in [1.82, 2.24) is 25.1 Å². The van der Waals surface area contributed by atoms with E-state index in [1.165, 1.54) is 0 Å². The Balaban J connectivity index is 0.000000941. The van der Waals surface area contributed by atoms with Gasteiger partial charge in [-0.3, -0.25) is 19.3 Å². The Bertz CT molecular complexity index is 701. The number of aromatic nitrogens is 2. The molecule has 2 fully saturated rings. The van der Waals surface area contributed by atoms with Gasteiger partial charge in [-0.05, 0) is 26.0 Å². The van der Waals surface area contributed by atoms with Gasteiger partial charge in [0.05, 0.1) is 12.5 Å². The first-order chi connectivity index (χ1) is 14.0. The van der Waals surface area contributed by atoms with E-state index in [0.29, 0.717) is 13.1 Å². The number of anilines is 1. The molecule has 1 atom stereocenters. The molecule has 0 spiro atoms. The second kappa shape index (κ2) is 11.3. The van der Waals surface area contributed by atoms with E-state index in [-0.39, 0.29) is 30.7 Å². The van der Waals surface area contributed by atoms with Crippen LogP contribution in [0, 0.1) is 6.92 Å². The third-order valence-electron chi connectivity index (χ3n) is 5.15. The van der Waals surface area contributed by atoms with Crippen LogP contribution in [-0.2, 0) is 14.4 Å². The van der Waals surface area contributed by atoms with Crippen LogP contribution in [0.25, 0.3) is 0 Å². The van der Waals surface area contributed by atoms with E-state index in [1.54, 1.807) is 6.20 Å². The van der Waals surface area contributed by atoms with Gasteiger partial charge in [-0.15, -0.1) is 0 Å². The molecule has 0 aliphatic carbocycles. The number of rotatable bonds is 4. The van der Waals surface area contributed by atoms with E-state index in [1.807, 2.05) is 24.8 Å². The second-order valence-corrected chi connectivity index (χ2v) is 6.93. The summed E-state index contributed by atoms with van der Waals surface area (Å²) in [5.41, 5.74) is 0. The quantitative estimate of drug-likeness (QED) is 0.656. The summed E-state index contributed by atoms with van der Waals surface area (Å²) in [5, 5.41) is 9.77. The first kappa shape index (κ1) is 22.5. The average molecular weight is 406 g/mol. The molecular weight excluding hydrogens is 376 g/mol. The van der Waals surface area contributed by atoms with Crippen molar-refractivity contribution in [2.45, 2.75) is 32.7 Å². The molecule has 3 rings (SSSR count). The van der Waals surface area contributed by atoms with E-state index in [2.05, 4.69) is 25.1 Å². The predicted molar refractivity (Wildman–Crippen MR) is 108 cm³/mol. The van der Waals surface area contributed by atoms with Gasteiger partial charge in [-0.1, -0.05) is 6.92 Å². The van der Waals surface area contributed by atoms with Crippen LogP contribution in [0.3, 0.4) is 0 Å². The number of carboxylic acid groups (broad SMARTS) is 1. The number of nitrogens with zero attached hydrogens (tertiary/aromatic N) is 5. The molecule has 0 aromatic carbocycles. The molecule has 0 bridgehead atoms. The molecule has 10 nitrogen and oxygen atoms in total. The van der Waals surface area contributed by atoms with Crippen molar-refractivity contribution in [2.75, 3.05) is 50.7 Å². The highest BCUT2D eigenvalue weighted by molar-refractivity contribution is 5.88. The molecule has 0 radical (unpaired) electrons. The first-order valence-electron chi connectivity index (χ1n) is 9.92. The molecule has 2 amide bonds. The van der Waals surface area contributed by atoms with Crippen molar-refractivity contribution >= 4 is 24.1 Å². The van der Waals surface area contributed by atoms with E-state index in [4.69, 9.17) is 9.90 Å². The van der Waals surface area contributed by atoms with Crippen molar-refractivity contribution in [1.29, 1.82) is 0 Å². The van der Waals surface area contributed by atoms with Gasteiger partial charge in [0, 0.05) is 45.5 Å². The Labute approximate surface area is 170 Å². The van der Waals surface area contributed by atoms with Crippen LogP contribution in [0.5, 0.6) is 0 Å². The van der Waals surface area contributed by atoms with Gasteiger partial charge in [-0.2, -0.15) is 0 Å². The summed E-state index contributed by atoms with van der Waals surface area (Å²) in [7, 11) is 0. The Hall–Kier alpha value is -2.75. The minimum Gasteiger partial charge on any atom is -0.483 e. The summed E-state index contributed by atoms with van der Waals surface area (Å²) >= 11 is 0. The fraction of sp³-hybridized carbons (Fsp3) is 0.632. The summed E-state index contributed by atoms with van der Waals surface area (Å²) in [6, 6.07) is 1.57. The van der Waals surface area contributed by atoms with Crippen LogP contribution in [0.4, 0.5) is 5.82 Å². The molecule has 29 heavy (non-hydrogen) atoms. The van der Waals surface area contributed by atoms with Gasteiger partial charge in [0.25, 0.3) is 6.47 Å². The molecule has 2 aliphatic heterocycles. The van der Waals surface area contributed by atoms with E-state index in [9.17, 15) is 9.59 Å². The molecule has 1 aromatic rings. The number of nitrogens with one attached hydrogen (secondary N) is 1. The van der Waals surface area contributed by atoms with Crippen molar-refractivity contribution in [3.8, 4) is 0 Å². The molecule has 160 valence electrons. The average Bonchev–Trinajstić information content (AvgIpc) is 2.96. The predicted octanol–water partition coefficient (Wildman–Crippen LogP) is -0.265. The highest BCUT2D eigenvalue weighted by Gasteiger charge is 2.32. The zero-order valence-electron chi connectivity index (χ0n) is 17.1. The Kier molecular flexibility index (Phi) is 8.78. The lowest BCUT2D eigenvalue weighted by Gasteiger charge is -2.34. The van der Waals surface area contributed by atoms with Crippen LogP contribution in [-0.4, -0.2) is 95.0 Å². The topological polar surface area (TPSA) is 119 Å². The molecule has 1 unspecified atom stereocenters. The second-order valence-electron chi connectivity index (χ2n) is 6.93. The Morgan fingerprint density at radius 1 is 1.31 bits per heavy atom. The molecule has 2 aliphatic rings. The van der Waals surface area contributed by atoms with Crippen molar-refractivity contribution in [3.05, 3.63) is 18.1 Å². The zero-order chi connectivity index (χ0) is 21.2. The maximum atomic E-state index is 12.8. The maximum Gasteiger partial charge on any atom is 0.290 e. The lowest BCUT2D eigenvalue weighted by Crippen LogP contribution is -2.56. The van der Waals surface area contributed by atoms with E-state index < -0.39 is 0 Å². The summed E-state index contributed by atoms with van der Waals surface area (Å²) < 4.78 is 0. The third-order valence-corrected chi connectivity index (χ3v) is 5.15. The molecule has 1 aromatic heterocycles. The standard InChI is InChI=1S/C18H28N6O2.CH2O2/c1-3-22-10-7-20-18(26)15(22)13-17(25)24-9-4-8-23(11-12-24)16-5-6-19-14(2)21-16;2-1-3/h5-6,15H,3-4,7-13H2,1-2H3,(H,20,26);1H,(H,2,3). The summed E-state index contributed by atoms with van der Waals surface area (Å²) in [4.78, 5) is 48.1. The van der Waals surface area contributed by atoms with Gasteiger partial charge < -0.3 is 20.2 Å². The fourth-order valence-electron chi connectivity index (χ4n) is 3.67. The number of carbonyl (C=O) groups is 3. The smallest absolute Gasteiger partial charge is 0.290 e. The van der Waals surface area contributed by atoms with Gasteiger partial charge in [-0.25, -0.2) is 9.97 Å². The monoisotopic (exact) mass is 406 g/mol. The number of carbonyl (C=O) groups excluding carboxylic acids is 2. The number of likely N-dealkylation sites (N-methyl/N-ethyl adjacent to an activating group) is 1. The van der Waals surface area contributed by atoms with Gasteiger partial charge in [0.15, 0.2) is 0 Å². The molecule has 2 N–H and O–H groups in total. The molecule has 2 saturated heterocycles. The van der Waals surface area contributed by atoms with Crippen molar-refractivity contribution in [2.24, 2.45) is 0 Å². The lowest BCUT2D eigenvalue weighted by molar-refractivity contribution is -0.138. The number of aryl methyl sites for hydroxylation is 1. The van der Waals surface area contributed by atoms with Crippen LogP contribution >= 0.6 is 0 Å². The Morgan fingerprint density at radius 3 is 2.76 bits per heavy atom. The van der Waals surface area contributed by atoms with Crippen LogP contribution in [0.2, 0.25) is 0 Å². The molecule has 10 heteroatoms. The number of piperazine rings is 1. The molecule has 0 saturated carbocycles. The SMILES string of the molecule is CCN1CCNC(=O)C1CC(=O)N1CCCN(c2ccnc(C)n2)CC1.O=CO. The highest BCUT2D eigenvalue weighted by atomic mass is 16.3.